The van der Waals surface area contributed by atoms with Crippen LogP contribution in [0.2, 0.25) is 0 Å². The molecule has 6 heterocycles. The number of aromatic amines is 2. The Morgan fingerprint density at radius 2 is 1.52 bits per heavy atom. The minimum absolute atomic E-state index is 0.0933. The number of nitrogens with one attached hydrogen (secondary N) is 3. The van der Waals surface area contributed by atoms with Crippen LogP contribution in [0.5, 0.6) is 5.75 Å². The van der Waals surface area contributed by atoms with Crippen molar-refractivity contribution in [3.63, 3.8) is 0 Å². The number of aromatic nitrogens is 7. The van der Waals surface area contributed by atoms with Crippen molar-refractivity contribution in [3.05, 3.63) is 89.8 Å². The lowest BCUT2D eigenvalue weighted by atomic mass is 9.93. The monoisotopic (exact) mass is 1000 g/mol. The van der Waals surface area contributed by atoms with Gasteiger partial charge in [0.1, 0.15) is 24.4 Å². The van der Waals surface area contributed by atoms with Gasteiger partial charge in [0.15, 0.2) is 5.82 Å². The third-order valence-corrected chi connectivity index (χ3v) is 12.5. The number of hydrogen-bond acceptors (Lipinski definition) is 16. The van der Waals surface area contributed by atoms with Crippen molar-refractivity contribution in [1.29, 1.82) is 5.26 Å². The number of imidazole rings is 1. The van der Waals surface area contributed by atoms with Crippen molar-refractivity contribution in [2.24, 2.45) is 0 Å². The molecule has 0 bridgehead atoms. The number of carbonyl (C=O) groups is 4. The van der Waals surface area contributed by atoms with Crippen LogP contribution < -0.4 is 10.1 Å². The number of amides is 3. The maximum absolute atomic E-state index is 13.8. The Hall–Kier alpha value is -7.31. The van der Waals surface area contributed by atoms with Crippen molar-refractivity contribution in [1.82, 2.24) is 59.6 Å². The summed E-state index contributed by atoms with van der Waals surface area (Å²) in [4.78, 5) is 81.0. The van der Waals surface area contributed by atoms with Gasteiger partial charge >= 0.3 is 0 Å². The fourth-order valence-corrected chi connectivity index (χ4v) is 8.64. The largest absolute Gasteiger partial charge is 0.494 e. The molecule has 1 aromatic carbocycles. The fraction of sp³-hybridized carbons (Fsp3) is 0.471. The predicted octanol–water partition coefficient (Wildman–Crippen LogP) is 2.63. The van der Waals surface area contributed by atoms with Crippen LogP contribution >= 0.6 is 0 Å². The number of allylic oxidation sites excluding steroid dienone is 1. The quantitative estimate of drug-likeness (QED) is 0.0214. The number of rotatable bonds is 28. The second kappa shape index (κ2) is 28.1. The minimum atomic E-state index is -0.730. The van der Waals surface area contributed by atoms with E-state index in [4.69, 9.17) is 30.1 Å². The van der Waals surface area contributed by atoms with Crippen LogP contribution in [0.1, 0.15) is 62.7 Å². The Balaban J connectivity index is 0.841. The third kappa shape index (κ3) is 14.9. The topological polar surface area (TPSA) is 251 Å². The van der Waals surface area contributed by atoms with E-state index in [2.05, 4.69) is 57.1 Å². The first-order valence-electron chi connectivity index (χ1n) is 24.5. The molecule has 4 aromatic heterocycles. The lowest BCUT2D eigenvalue weighted by Crippen LogP contribution is -2.48. The van der Waals surface area contributed by atoms with Crippen LogP contribution in [-0.2, 0) is 23.7 Å². The van der Waals surface area contributed by atoms with E-state index >= 15 is 0 Å². The summed E-state index contributed by atoms with van der Waals surface area (Å²) in [6.07, 6.45) is 14.5. The van der Waals surface area contributed by atoms with Crippen molar-refractivity contribution < 1.29 is 42.9 Å². The number of likely N-dealkylation sites (tertiary alicyclic amines) is 1. The third-order valence-electron chi connectivity index (χ3n) is 12.5. The number of piperidine rings is 1. The van der Waals surface area contributed by atoms with E-state index in [0.29, 0.717) is 101 Å². The van der Waals surface area contributed by atoms with Crippen molar-refractivity contribution in [2.75, 3.05) is 132 Å². The number of fused-ring (bicyclic) bond motifs is 1. The number of ketones is 1. The molecule has 7 rings (SSSR count). The summed E-state index contributed by atoms with van der Waals surface area (Å²) in [6.45, 7) is 11.1. The highest BCUT2D eigenvalue weighted by Gasteiger charge is 2.31. The van der Waals surface area contributed by atoms with Gasteiger partial charge in [-0.15, -0.1) is 11.5 Å². The molecule has 0 atom stereocenters. The van der Waals surface area contributed by atoms with Crippen molar-refractivity contribution in [3.8, 4) is 30.0 Å². The number of Topliss-reactive ketones (excluding diaryl/α,β-unsaturated/α-hetero) is 1. The molecule has 0 unspecified atom stereocenters. The van der Waals surface area contributed by atoms with Crippen LogP contribution in [0.15, 0.2) is 67.2 Å². The Labute approximate surface area is 424 Å². The van der Waals surface area contributed by atoms with Crippen LogP contribution in [0, 0.1) is 23.7 Å². The van der Waals surface area contributed by atoms with Crippen molar-refractivity contribution in [2.45, 2.75) is 25.7 Å². The number of hydrogen-bond donors (Lipinski definition) is 3. The number of methoxy groups -OCH3 is 1. The Kier molecular flexibility index (Phi) is 20.6. The zero-order valence-corrected chi connectivity index (χ0v) is 41.3. The Morgan fingerprint density at radius 1 is 0.836 bits per heavy atom. The van der Waals surface area contributed by atoms with Gasteiger partial charge in [-0.1, -0.05) is 36.3 Å². The summed E-state index contributed by atoms with van der Waals surface area (Å²) < 4.78 is 28.8. The van der Waals surface area contributed by atoms with E-state index in [9.17, 15) is 24.4 Å². The maximum Gasteiger partial charge on any atom is 0.295 e. The molecule has 0 saturated carbocycles. The van der Waals surface area contributed by atoms with Gasteiger partial charge in [0.05, 0.1) is 100 Å². The van der Waals surface area contributed by atoms with E-state index in [1.807, 2.05) is 30.3 Å². The lowest BCUT2D eigenvalue weighted by Gasteiger charge is -2.35. The molecule has 386 valence electrons. The Bertz CT molecular complexity index is 2690. The highest BCUT2D eigenvalue weighted by molar-refractivity contribution is 6.45. The van der Waals surface area contributed by atoms with E-state index in [0.717, 1.165) is 56.8 Å². The maximum atomic E-state index is 13.8. The lowest BCUT2D eigenvalue weighted by molar-refractivity contribution is -0.126. The summed E-state index contributed by atoms with van der Waals surface area (Å²) in [5.74, 6) is 0.685. The molecule has 0 spiro atoms. The summed E-state index contributed by atoms with van der Waals surface area (Å²) in [7, 11) is 1.44. The van der Waals surface area contributed by atoms with Gasteiger partial charge in [0, 0.05) is 71.6 Å². The highest BCUT2D eigenvalue weighted by atomic mass is 16.6. The molecule has 3 amide bonds. The minimum Gasteiger partial charge on any atom is -0.494 e. The number of benzene rings is 1. The summed E-state index contributed by atoms with van der Waals surface area (Å²) >= 11 is 0. The van der Waals surface area contributed by atoms with Gasteiger partial charge in [0.25, 0.3) is 23.5 Å². The number of carbonyl (C=O) groups excluding carboxylic acids is 4. The van der Waals surface area contributed by atoms with Gasteiger partial charge in [-0.3, -0.25) is 24.1 Å². The molecule has 2 saturated heterocycles. The smallest absolute Gasteiger partial charge is 0.295 e. The second-order valence-corrected chi connectivity index (χ2v) is 17.2. The molecule has 3 N–H and O–H groups in total. The van der Waals surface area contributed by atoms with Gasteiger partial charge in [-0.05, 0) is 43.4 Å². The van der Waals surface area contributed by atoms with E-state index in [1.165, 1.54) is 47.9 Å². The molecule has 2 aliphatic rings. The molecule has 0 aliphatic carbocycles. The average molecular weight is 1000 g/mol. The molecule has 2 fully saturated rings. The standard InChI is InChI=1S/C51H63N13O9/c1-3-24-70-26-28-72-30-31-73-29-27-71-25-23-61-21-19-60(20-22-61)14-8-16-62(50(67)42-34-53-36-57-42)15-7-13-54-49(66)47-58-37-64(59-47)48-45-44(43(69-2)35-56-48)41(33-55-45)46(65)51(68)63-17-11-39(12-18-63)40(32-52)38-9-5-4-6-10-38/h1,4-6,9-10,33-37,55H,7-8,11-31H2,2H3,(H,53,57)(H,54,66). The van der Waals surface area contributed by atoms with Crippen LogP contribution in [0.3, 0.4) is 0 Å². The number of terminal acetylenes is 1. The molecule has 73 heavy (non-hydrogen) atoms. The van der Waals surface area contributed by atoms with Crippen molar-refractivity contribution >= 4 is 40.0 Å². The first-order valence-corrected chi connectivity index (χ1v) is 24.5. The number of nitriles is 1. The molecule has 22 nitrogen and oxygen atoms in total. The normalized spacial score (nSPS) is 14.2. The predicted molar refractivity (Wildman–Crippen MR) is 268 cm³/mol. The first kappa shape index (κ1) is 53.5. The SMILES string of the molecule is C#CCOCCOCCOCCOCCN1CCN(CCCN(CCCNC(=O)c2ncn(-c3ncc(OC)c4c(C(=O)C(=O)N5CCC(=C(C#N)c6ccccc6)CC5)c[nH]c34)n2)C(=O)c2cnc[nH]2)CC1. The summed E-state index contributed by atoms with van der Waals surface area (Å²) in [6, 6.07) is 11.7. The average Bonchev–Trinajstić information content (AvgIpc) is 4.24. The van der Waals surface area contributed by atoms with Crippen LogP contribution in [0.25, 0.3) is 22.3 Å². The molecule has 5 aromatic rings. The molecular formula is C51H63N13O9. The Morgan fingerprint density at radius 3 is 2.19 bits per heavy atom. The molecule has 22 heteroatoms. The van der Waals surface area contributed by atoms with Gasteiger partial charge < -0.3 is 53.7 Å². The van der Waals surface area contributed by atoms with Gasteiger partial charge in [0.2, 0.25) is 5.82 Å². The number of pyridine rings is 1. The van der Waals surface area contributed by atoms with E-state index in [-0.39, 0.29) is 55.1 Å². The number of piperazine rings is 1. The molecule has 2 aliphatic heterocycles. The highest BCUT2D eigenvalue weighted by Crippen LogP contribution is 2.33. The molecule has 0 radical (unpaired) electrons. The fourth-order valence-electron chi connectivity index (χ4n) is 8.64. The van der Waals surface area contributed by atoms with E-state index in [1.54, 1.807) is 4.90 Å². The second-order valence-electron chi connectivity index (χ2n) is 17.2. The summed E-state index contributed by atoms with van der Waals surface area (Å²) in [5, 5.41) is 17.5. The zero-order valence-electron chi connectivity index (χ0n) is 41.3. The molecular weight excluding hydrogens is 939 g/mol. The van der Waals surface area contributed by atoms with Gasteiger partial charge in [-0.25, -0.2) is 15.0 Å². The number of H-pyrrole nitrogens is 2. The number of nitrogens with zero attached hydrogens (tertiary/aromatic N) is 10. The van der Waals surface area contributed by atoms with Crippen LogP contribution in [-0.4, -0.2) is 210 Å². The first-order chi connectivity index (χ1) is 35.8. The summed E-state index contributed by atoms with van der Waals surface area (Å²) in [5.41, 5.74) is 3.20. The zero-order chi connectivity index (χ0) is 51.2. The number of ether oxygens (including phenoxy) is 5. The van der Waals surface area contributed by atoms with E-state index < -0.39 is 17.6 Å². The van der Waals surface area contributed by atoms with Gasteiger partial charge in [-0.2, -0.15) is 9.94 Å². The van der Waals surface area contributed by atoms with Crippen LogP contribution in [0.4, 0.5) is 0 Å².